The molecule has 0 spiro atoms. The summed E-state index contributed by atoms with van der Waals surface area (Å²) in [5.74, 6) is 0.454. The van der Waals surface area contributed by atoms with Crippen LogP contribution in [0, 0.1) is 4.91 Å². The summed E-state index contributed by atoms with van der Waals surface area (Å²) in [5.41, 5.74) is 0.657. The molecule has 0 radical (unpaired) electrons. The van der Waals surface area contributed by atoms with Crippen LogP contribution in [-0.2, 0) is 0 Å². The summed E-state index contributed by atoms with van der Waals surface area (Å²) < 4.78 is 0.877. The molecule has 0 atom stereocenters. The van der Waals surface area contributed by atoms with E-state index in [9.17, 15) is 4.91 Å². The molecule has 0 aromatic carbocycles. The number of nitrogens with zero attached hydrogens (tertiary/aromatic N) is 3. The fourth-order valence-electron chi connectivity index (χ4n) is 1.14. The van der Waals surface area contributed by atoms with Crippen LogP contribution in [0.2, 0.25) is 0 Å². The van der Waals surface area contributed by atoms with Gasteiger partial charge in [-0.05, 0) is 16.9 Å². The van der Waals surface area contributed by atoms with Crippen LogP contribution in [0.25, 0.3) is 0 Å². The highest BCUT2D eigenvalue weighted by Gasteiger charge is 2.27. The average Bonchev–Trinajstić information content (AvgIpc) is 2.53. The van der Waals surface area contributed by atoms with E-state index in [4.69, 9.17) is 0 Å². The van der Waals surface area contributed by atoms with Crippen molar-refractivity contribution in [3.05, 3.63) is 35.0 Å². The fourth-order valence-corrected chi connectivity index (χ4v) is 1.14. The van der Waals surface area contributed by atoms with E-state index in [-0.39, 0.29) is 0 Å². The molecular formula is C8H8N3O+. The van der Waals surface area contributed by atoms with Crippen molar-refractivity contribution in [1.82, 2.24) is 4.98 Å². The van der Waals surface area contributed by atoms with Gasteiger partial charge in [0.05, 0.1) is 0 Å². The highest BCUT2D eigenvalue weighted by molar-refractivity contribution is 5.90. The van der Waals surface area contributed by atoms with Crippen molar-refractivity contribution >= 4 is 5.84 Å². The zero-order valence-corrected chi connectivity index (χ0v) is 6.47. The molecule has 0 fully saturated rings. The summed E-state index contributed by atoms with van der Waals surface area (Å²) in [6, 6.07) is 5.44. The quantitative estimate of drug-likeness (QED) is 0.568. The van der Waals surface area contributed by atoms with E-state index in [2.05, 4.69) is 9.98 Å². The predicted octanol–water partition coefficient (Wildman–Crippen LogP) is 0.621. The third kappa shape index (κ3) is 1.11. The Morgan fingerprint density at radius 1 is 1.42 bits per heavy atom. The molecule has 0 N–H and O–H groups in total. The van der Waals surface area contributed by atoms with Gasteiger partial charge in [-0.25, -0.2) is 4.98 Å². The van der Waals surface area contributed by atoms with Gasteiger partial charge in [-0.1, -0.05) is 16.0 Å². The molecule has 0 amide bonds. The zero-order chi connectivity index (χ0) is 8.39. The Morgan fingerprint density at radius 2 is 2.33 bits per heavy atom. The summed E-state index contributed by atoms with van der Waals surface area (Å²) in [4.78, 5) is 19.2. The first-order valence-electron chi connectivity index (χ1n) is 3.78. The Labute approximate surface area is 69.5 Å². The van der Waals surface area contributed by atoms with Gasteiger partial charge in [0.1, 0.15) is 0 Å². The third-order valence-corrected chi connectivity index (χ3v) is 1.69. The van der Waals surface area contributed by atoms with E-state index in [1.165, 1.54) is 0 Å². The molecule has 12 heavy (non-hydrogen) atoms. The first kappa shape index (κ1) is 7.09. The smallest absolute Gasteiger partial charge is 0.248 e. The number of hydrogen-bond donors (Lipinski definition) is 0. The molecule has 0 saturated carbocycles. The monoisotopic (exact) mass is 162 g/mol. The van der Waals surface area contributed by atoms with Crippen molar-refractivity contribution in [3.63, 3.8) is 0 Å². The summed E-state index contributed by atoms with van der Waals surface area (Å²) in [6.07, 6.45) is 1.66. The van der Waals surface area contributed by atoms with Crippen LogP contribution in [-0.4, -0.2) is 28.7 Å². The SMILES string of the molecule is O=[N+]1CCN=C1c1ccccn1. The van der Waals surface area contributed by atoms with E-state index < -0.39 is 0 Å². The predicted molar refractivity (Wildman–Crippen MR) is 44.1 cm³/mol. The van der Waals surface area contributed by atoms with Crippen molar-refractivity contribution in [2.24, 2.45) is 4.99 Å². The lowest BCUT2D eigenvalue weighted by atomic mass is 10.3. The second kappa shape index (κ2) is 2.81. The van der Waals surface area contributed by atoms with Gasteiger partial charge < -0.3 is 0 Å². The molecule has 4 heteroatoms. The van der Waals surface area contributed by atoms with Crippen molar-refractivity contribution in [2.45, 2.75) is 0 Å². The molecule has 0 aliphatic carbocycles. The van der Waals surface area contributed by atoms with Crippen LogP contribution in [0.4, 0.5) is 0 Å². The van der Waals surface area contributed by atoms with Crippen LogP contribution >= 0.6 is 0 Å². The maximum absolute atomic E-state index is 11.1. The Kier molecular flexibility index (Phi) is 1.66. The first-order chi connectivity index (χ1) is 5.88. The van der Waals surface area contributed by atoms with E-state index >= 15 is 0 Å². The molecule has 0 bridgehead atoms. The number of amidine groups is 1. The molecule has 2 heterocycles. The Bertz CT molecular complexity index is 331. The lowest BCUT2D eigenvalue weighted by Gasteiger charge is -1.89. The summed E-state index contributed by atoms with van der Waals surface area (Å²) in [6.45, 7) is 1.03. The van der Waals surface area contributed by atoms with Gasteiger partial charge in [0.2, 0.25) is 0 Å². The standard InChI is InChI=1S/C8H8N3O/c12-11-6-5-10-8(11)7-3-1-2-4-9-7/h1-4H,5-6H2/q+1. The van der Waals surface area contributed by atoms with Crippen LogP contribution in [0.3, 0.4) is 0 Å². The number of aliphatic imine (C=N–C) groups is 1. The number of pyridine rings is 1. The minimum absolute atomic E-state index is 0.450. The average molecular weight is 162 g/mol. The van der Waals surface area contributed by atoms with Gasteiger partial charge >= 0.3 is 5.84 Å². The Balaban J connectivity index is 2.38. The van der Waals surface area contributed by atoms with E-state index in [0.29, 0.717) is 24.6 Å². The van der Waals surface area contributed by atoms with Gasteiger partial charge in [-0.2, -0.15) is 0 Å². The lowest BCUT2D eigenvalue weighted by Crippen LogP contribution is -2.15. The normalized spacial score (nSPS) is 16.3. The van der Waals surface area contributed by atoms with Crippen LogP contribution in [0.1, 0.15) is 5.69 Å². The topological polar surface area (TPSA) is 45.3 Å². The number of aromatic nitrogens is 1. The number of rotatable bonds is 1. The molecular weight excluding hydrogens is 154 g/mol. The molecule has 1 aliphatic rings. The van der Waals surface area contributed by atoms with Crippen molar-refractivity contribution in [1.29, 1.82) is 0 Å². The molecule has 4 nitrogen and oxygen atoms in total. The Hall–Kier alpha value is -1.58. The second-order valence-electron chi connectivity index (χ2n) is 2.52. The van der Waals surface area contributed by atoms with Crippen LogP contribution in [0.5, 0.6) is 0 Å². The fraction of sp³-hybridized carbons (Fsp3) is 0.250. The molecule has 2 rings (SSSR count). The highest BCUT2D eigenvalue weighted by atomic mass is 16.3. The van der Waals surface area contributed by atoms with Gasteiger partial charge in [0, 0.05) is 6.20 Å². The lowest BCUT2D eigenvalue weighted by molar-refractivity contribution is -0.417. The number of nitroso groups, excluding NO2 is 1. The van der Waals surface area contributed by atoms with E-state index in [1.807, 2.05) is 12.1 Å². The summed E-state index contributed by atoms with van der Waals surface area (Å²) in [5, 5.41) is 0. The van der Waals surface area contributed by atoms with Gasteiger partial charge in [0.25, 0.3) is 0 Å². The van der Waals surface area contributed by atoms with Crippen molar-refractivity contribution in [3.8, 4) is 0 Å². The van der Waals surface area contributed by atoms with E-state index in [1.54, 1.807) is 12.3 Å². The first-order valence-corrected chi connectivity index (χ1v) is 3.78. The van der Waals surface area contributed by atoms with E-state index in [0.717, 1.165) is 4.76 Å². The van der Waals surface area contributed by atoms with Gasteiger partial charge in [-0.15, -0.1) is 0 Å². The Morgan fingerprint density at radius 3 is 2.92 bits per heavy atom. The minimum Gasteiger partial charge on any atom is -0.248 e. The maximum Gasteiger partial charge on any atom is 0.381 e. The third-order valence-electron chi connectivity index (χ3n) is 1.69. The summed E-state index contributed by atoms with van der Waals surface area (Å²) in [7, 11) is 0. The molecule has 60 valence electrons. The van der Waals surface area contributed by atoms with Gasteiger partial charge in [0.15, 0.2) is 18.8 Å². The highest BCUT2D eigenvalue weighted by Crippen LogP contribution is 2.02. The largest absolute Gasteiger partial charge is 0.381 e. The van der Waals surface area contributed by atoms with Crippen LogP contribution in [0.15, 0.2) is 29.4 Å². The van der Waals surface area contributed by atoms with Crippen molar-refractivity contribution < 1.29 is 4.76 Å². The number of hydrogen-bond acceptors (Lipinski definition) is 3. The molecule has 0 unspecified atom stereocenters. The second-order valence-corrected chi connectivity index (χ2v) is 2.52. The van der Waals surface area contributed by atoms with Gasteiger partial charge in [-0.3, -0.25) is 0 Å². The maximum atomic E-state index is 11.1. The molecule has 1 aromatic rings. The zero-order valence-electron chi connectivity index (χ0n) is 6.47. The van der Waals surface area contributed by atoms with Crippen LogP contribution < -0.4 is 0 Å². The minimum atomic E-state index is 0.450. The molecule has 1 aliphatic heterocycles. The molecule has 0 saturated heterocycles. The molecule has 1 aromatic heterocycles. The van der Waals surface area contributed by atoms with Crippen molar-refractivity contribution in [2.75, 3.05) is 13.1 Å². The summed E-state index contributed by atoms with van der Waals surface area (Å²) >= 11 is 0.